The Kier molecular flexibility index (Phi) is 5.11. The normalized spacial score (nSPS) is 10.0. The highest BCUT2D eigenvalue weighted by Gasteiger charge is 2.11. The zero-order valence-corrected chi connectivity index (χ0v) is 12.2. The van der Waals surface area contributed by atoms with E-state index in [4.69, 9.17) is 33.2 Å². The van der Waals surface area contributed by atoms with Crippen molar-refractivity contribution in [1.29, 1.82) is 0 Å². The summed E-state index contributed by atoms with van der Waals surface area (Å²) in [5.74, 6) is 0.180. The summed E-state index contributed by atoms with van der Waals surface area (Å²) in [7, 11) is 0. The Hall–Kier alpha value is -2.14. The lowest BCUT2D eigenvalue weighted by Gasteiger charge is -2.06. The van der Waals surface area contributed by atoms with Gasteiger partial charge in [0, 0.05) is 21.5 Å². The van der Waals surface area contributed by atoms with Crippen molar-refractivity contribution in [1.82, 2.24) is 5.32 Å². The van der Waals surface area contributed by atoms with Gasteiger partial charge < -0.3 is 9.73 Å². The molecule has 0 aliphatic carbocycles. The smallest absolute Gasteiger partial charge is 0.287 e. The van der Waals surface area contributed by atoms with E-state index < -0.39 is 0 Å². The maximum Gasteiger partial charge on any atom is 0.287 e. The van der Waals surface area contributed by atoms with Crippen molar-refractivity contribution in [3.05, 3.63) is 67.9 Å². The van der Waals surface area contributed by atoms with Crippen LogP contribution >= 0.6 is 23.2 Å². The molecule has 0 saturated carbocycles. The minimum absolute atomic E-state index is 0.0623. The van der Waals surface area contributed by atoms with Crippen LogP contribution in [0.15, 0.2) is 39.9 Å². The predicted octanol–water partition coefficient (Wildman–Crippen LogP) is 4.33. The van der Waals surface area contributed by atoms with Crippen molar-refractivity contribution >= 4 is 29.1 Å². The number of nitrogens with one attached hydrogen (secondary N) is 1. The molecule has 1 aromatic carbocycles. The van der Waals surface area contributed by atoms with Gasteiger partial charge in [-0.1, -0.05) is 34.4 Å². The lowest BCUT2D eigenvalue weighted by atomic mass is 10.2. The van der Waals surface area contributed by atoms with Crippen molar-refractivity contribution in [3.63, 3.8) is 0 Å². The van der Waals surface area contributed by atoms with Gasteiger partial charge in [0.2, 0.25) is 0 Å². The first-order valence-corrected chi connectivity index (χ1v) is 6.67. The van der Waals surface area contributed by atoms with E-state index in [0.29, 0.717) is 15.8 Å². The van der Waals surface area contributed by atoms with Crippen molar-refractivity contribution in [2.24, 2.45) is 5.11 Å². The van der Waals surface area contributed by atoms with Gasteiger partial charge in [-0.3, -0.25) is 4.79 Å². The van der Waals surface area contributed by atoms with Crippen LogP contribution in [-0.2, 0) is 13.1 Å². The number of rotatable bonds is 5. The van der Waals surface area contributed by atoms with E-state index in [1.54, 1.807) is 24.3 Å². The number of azide groups is 1. The van der Waals surface area contributed by atoms with Crippen molar-refractivity contribution in [3.8, 4) is 0 Å². The Balaban J connectivity index is 1.98. The Labute approximate surface area is 130 Å². The first-order valence-electron chi connectivity index (χ1n) is 5.92. The molecular weight excluding hydrogens is 315 g/mol. The molecule has 2 rings (SSSR count). The molecule has 1 N–H and O–H groups in total. The van der Waals surface area contributed by atoms with Crippen molar-refractivity contribution in [2.45, 2.75) is 13.1 Å². The van der Waals surface area contributed by atoms with Crippen LogP contribution in [0.25, 0.3) is 10.4 Å². The van der Waals surface area contributed by atoms with E-state index in [9.17, 15) is 4.79 Å². The summed E-state index contributed by atoms with van der Waals surface area (Å²) in [4.78, 5) is 14.5. The summed E-state index contributed by atoms with van der Waals surface area (Å²) < 4.78 is 5.25. The van der Waals surface area contributed by atoms with E-state index in [1.807, 2.05) is 0 Å². The molecule has 0 radical (unpaired) electrons. The molecule has 21 heavy (non-hydrogen) atoms. The molecule has 0 fully saturated rings. The minimum atomic E-state index is -0.381. The van der Waals surface area contributed by atoms with Gasteiger partial charge in [-0.05, 0) is 35.4 Å². The lowest BCUT2D eigenvalue weighted by molar-refractivity contribution is 0.0921. The predicted molar refractivity (Wildman–Crippen MR) is 79.2 cm³/mol. The van der Waals surface area contributed by atoms with Crippen LogP contribution in [0.4, 0.5) is 0 Å². The van der Waals surface area contributed by atoms with Crippen LogP contribution in [0.3, 0.4) is 0 Å². The number of carbonyl (C=O) groups is 1. The van der Waals surface area contributed by atoms with Crippen molar-refractivity contribution in [2.75, 3.05) is 0 Å². The molecule has 1 amide bonds. The van der Waals surface area contributed by atoms with Gasteiger partial charge in [0.15, 0.2) is 5.76 Å². The van der Waals surface area contributed by atoms with Gasteiger partial charge >= 0.3 is 0 Å². The first-order chi connectivity index (χ1) is 10.1. The highest BCUT2D eigenvalue weighted by molar-refractivity contribution is 6.35. The number of carbonyl (C=O) groups excluding carboxylic acids is 1. The number of furan rings is 1. The molecule has 0 spiro atoms. The zero-order valence-electron chi connectivity index (χ0n) is 10.7. The Morgan fingerprint density at radius 1 is 1.33 bits per heavy atom. The van der Waals surface area contributed by atoms with Crippen LogP contribution in [-0.4, -0.2) is 5.91 Å². The standard InChI is InChI=1S/C13H10Cl2N4O2/c14-9-2-1-8(11(15)5-9)6-17-13(20)12-4-3-10(21-12)7-18-19-16/h1-5H,6-7H2,(H,17,20). The number of hydrogen-bond donors (Lipinski definition) is 1. The second kappa shape index (κ2) is 7.04. The van der Waals surface area contributed by atoms with Gasteiger partial charge in [-0.25, -0.2) is 0 Å². The molecule has 108 valence electrons. The molecule has 0 bridgehead atoms. The topological polar surface area (TPSA) is 91.0 Å². The molecule has 1 heterocycles. The summed E-state index contributed by atoms with van der Waals surface area (Å²) in [5, 5.41) is 7.04. The van der Waals surface area contributed by atoms with E-state index in [2.05, 4.69) is 15.3 Å². The number of hydrogen-bond acceptors (Lipinski definition) is 3. The molecule has 2 aromatic rings. The third-order valence-electron chi connectivity index (χ3n) is 2.63. The molecule has 0 aliphatic heterocycles. The van der Waals surface area contributed by atoms with E-state index >= 15 is 0 Å². The number of nitrogens with zero attached hydrogens (tertiary/aromatic N) is 3. The quantitative estimate of drug-likeness (QED) is 0.503. The average molecular weight is 325 g/mol. The molecule has 0 saturated heterocycles. The van der Waals surface area contributed by atoms with Crippen LogP contribution in [0.5, 0.6) is 0 Å². The van der Waals surface area contributed by atoms with Gasteiger partial charge in [-0.15, -0.1) is 0 Å². The largest absolute Gasteiger partial charge is 0.456 e. The SMILES string of the molecule is [N-]=[N+]=NCc1ccc(C(=O)NCc2ccc(Cl)cc2Cl)o1. The van der Waals surface area contributed by atoms with Crippen LogP contribution in [0.2, 0.25) is 10.0 Å². The maximum atomic E-state index is 11.9. The minimum Gasteiger partial charge on any atom is -0.456 e. The Morgan fingerprint density at radius 3 is 2.86 bits per heavy atom. The molecular formula is C13H10Cl2N4O2. The second-order valence-corrected chi connectivity index (χ2v) is 4.92. The van der Waals surface area contributed by atoms with Crippen molar-refractivity contribution < 1.29 is 9.21 Å². The summed E-state index contributed by atoms with van der Waals surface area (Å²) in [6.45, 7) is 0.314. The van der Waals surface area contributed by atoms with Gasteiger partial charge in [0.05, 0.1) is 6.54 Å². The second-order valence-electron chi connectivity index (χ2n) is 4.07. The highest BCUT2D eigenvalue weighted by Crippen LogP contribution is 2.20. The first kappa shape index (κ1) is 15.3. The molecule has 0 atom stereocenters. The lowest BCUT2D eigenvalue weighted by Crippen LogP contribution is -2.22. The number of benzene rings is 1. The van der Waals surface area contributed by atoms with Crippen LogP contribution in [0, 0.1) is 0 Å². The van der Waals surface area contributed by atoms with Gasteiger partial charge in [0.1, 0.15) is 5.76 Å². The fraction of sp³-hybridized carbons (Fsp3) is 0.154. The summed E-state index contributed by atoms with van der Waals surface area (Å²) >= 11 is 11.8. The van der Waals surface area contributed by atoms with E-state index in [0.717, 1.165) is 5.56 Å². The van der Waals surface area contributed by atoms with E-state index in [1.165, 1.54) is 6.07 Å². The van der Waals surface area contributed by atoms with Gasteiger partial charge in [-0.2, -0.15) is 0 Å². The third-order valence-corrected chi connectivity index (χ3v) is 3.22. The third kappa shape index (κ3) is 4.16. The van der Waals surface area contributed by atoms with Crippen LogP contribution < -0.4 is 5.32 Å². The summed E-state index contributed by atoms with van der Waals surface area (Å²) in [6.07, 6.45) is 0. The highest BCUT2D eigenvalue weighted by atomic mass is 35.5. The molecule has 0 unspecified atom stereocenters. The number of amides is 1. The fourth-order valence-corrected chi connectivity index (χ4v) is 2.09. The molecule has 6 nitrogen and oxygen atoms in total. The zero-order chi connectivity index (χ0) is 15.2. The molecule has 1 aromatic heterocycles. The Morgan fingerprint density at radius 2 is 2.14 bits per heavy atom. The van der Waals surface area contributed by atoms with Crippen LogP contribution in [0.1, 0.15) is 21.9 Å². The number of halogens is 2. The molecule has 8 heteroatoms. The Bertz CT molecular complexity index is 708. The monoisotopic (exact) mass is 324 g/mol. The maximum absolute atomic E-state index is 11.9. The molecule has 0 aliphatic rings. The van der Waals surface area contributed by atoms with E-state index in [-0.39, 0.29) is 24.8 Å². The van der Waals surface area contributed by atoms with Gasteiger partial charge in [0.25, 0.3) is 5.91 Å². The average Bonchev–Trinajstić information content (AvgIpc) is 2.93. The summed E-state index contributed by atoms with van der Waals surface area (Å²) in [5.41, 5.74) is 8.96. The summed E-state index contributed by atoms with van der Waals surface area (Å²) in [6, 6.07) is 8.13. The fourth-order valence-electron chi connectivity index (χ4n) is 1.61.